The fraction of sp³-hybridized carbons (Fsp3) is 0.533. The van der Waals surface area contributed by atoms with Gasteiger partial charge in [0.2, 0.25) is 0 Å². The molecule has 5 heteroatoms. The molecule has 2 saturated heterocycles. The maximum Gasteiger partial charge on any atom is 0.253 e. The molecule has 110 valence electrons. The van der Waals surface area contributed by atoms with Crippen LogP contribution in [0, 0.1) is 5.41 Å². The molecule has 1 N–H and O–H groups in total. The van der Waals surface area contributed by atoms with Crippen LogP contribution < -0.4 is 5.32 Å². The summed E-state index contributed by atoms with van der Waals surface area (Å²) < 4.78 is 0. The molecule has 2 aliphatic heterocycles. The van der Waals surface area contributed by atoms with Crippen molar-refractivity contribution in [2.24, 2.45) is 5.41 Å². The van der Waals surface area contributed by atoms with Gasteiger partial charge in [0.05, 0.1) is 0 Å². The van der Waals surface area contributed by atoms with Gasteiger partial charge in [-0.05, 0) is 62.0 Å². The second kappa shape index (κ2) is 6.33. The SMILES string of the molecule is Cl.O=C(c1ccc(Cl)cc1)N1CCC2(CCNCC2)C1. The number of carbonyl (C=O) groups excluding carboxylic acids is 1. The van der Waals surface area contributed by atoms with Gasteiger partial charge < -0.3 is 10.2 Å². The molecule has 0 saturated carbocycles. The quantitative estimate of drug-likeness (QED) is 0.864. The number of amides is 1. The smallest absolute Gasteiger partial charge is 0.253 e. The zero-order valence-electron chi connectivity index (χ0n) is 11.4. The number of hydrogen-bond donors (Lipinski definition) is 1. The Hall–Kier alpha value is -0.770. The first-order valence-corrected chi connectivity index (χ1v) is 7.32. The first-order valence-electron chi connectivity index (χ1n) is 6.94. The van der Waals surface area contributed by atoms with Gasteiger partial charge in [-0.25, -0.2) is 0 Å². The molecule has 2 heterocycles. The van der Waals surface area contributed by atoms with E-state index in [1.807, 2.05) is 17.0 Å². The summed E-state index contributed by atoms with van der Waals surface area (Å²) in [5.41, 5.74) is 1.11. The van der Waals surface area contributed by atoms with Gasteiger partial charge in [-0.2, -0.15) is 0 Å². The van der Waals surface area contributed by atoms with Crippen molar-refractivity contribution in [3.05, 3.63) is 34.9 Å². The van der Waals surface area contributed by atoms with Crippen molar-refractivity contribution in [3.63, 3.8) is 0 Å². The number of likely N-dealkylation sites (tertiary alicyclic amines) is 1. The maximum atomic E-state index is 12.5. The van der Waals surface area contributed by atoms with Crippen molar-refractivity contribution >= 4 is 29.9 Å². The van der Waals surface area contributed by atoms with Crippen molar-refractivity contribution in [1.82, 2.24) is 10.2 Å². The lowest BCUT2D eigenvalue weighted by Crippen LogP contribution is -2.39. The zero-order valence-corrected chi connectivity index (χ0v) is 13.0. The molecular formula is C15H20Cl2N2O. The number of benzene rings is 1. The van der Waals surface area contributed by atoms with E-state index >= 15 is 0 Å². The summed E-state index contributed by atoms with van der Waals surface area (Å²) in [5.74, 6) is 0.145. The minimum absolute atomic E-state index is 0. The van der Waals surface area contributed by atoms with E-state index in [1.165, 1.54) is 12.8 Å². The van der Waals surface area contributed by atoms with Crippen molar-refractivity contribution in [1.29, 1.82) is 0 Å². The largest absolute Gasteiger partial charge is 0.338 e. The Morgan fingerprint density at radius 2 is 1.80 bits per heavy atom. The second-order valence-electron chi connectivity index (χ2n) is 5.73. The monoisotopic (exact) mass is 314 g/mol. The molecule has 2 aliphatic rings. The highest BCUT2D eigenvalue weighted by molar-refractivity contribution is 6.30. The summed E-state index contributed by atoms with van der Waals surface area (Å²) in [6, 6.07) is 7.20. The molecule has 0 unspecified atom stereocenters. The predicted molar refractivity (Wildman–Crippen MR) is 83.8 cm³/mol. The molecule has 2 fully saturated rings. The van der Waals surface area contributed by atoms with Crippen LogP contribution in [0.25, 0.3) is 0 Å². The second-order valence-corrected chi connectivity index (χ2v) is 6.17. The fourth-order valence-electron chi connectivity index (χ4n) is 3.25. The van der Waals surface area contributed by atoms with Crippen molar-refractivity contribution in [2.45, 2.75) is 19.3 Å². The zero-order chi connectivity index (χ0) is 13.3. The van der Waals surface area contributed by atoms with E-state index in [4.69, 9.17) is 11.6 Å². The lowest BCUT2D eigenvalue weighted by Gasteiger charge is -2.33. The molecule has 1 aromatic rings. The lowest BCUT2D eigenvalue weighted by molar-refractivity contribution is 0.0762. The summed E-state index contributed by atoms with van der Waals surface area (Å²) in [7, 11) is 0. The normalized spacial score (nSPS) is 20.8. The average molecular weight is 315 g/mol. The van der Waals surface area contributed by atoms with E-state index in [2.05, 4.69) is 5.32 Å². The molecule has 1 aromatic carbocycles. The first kappa shape index (κ1) is 15.6. The van der Waals surface area contributed by atoms with Gasteiger partial charge in [-0.1, -0.05) is 11.6 Å². The van der Waals surface area contributed by atoms with E-state index in [1.54, 1.807) is 12.1 Å². The third-order valence-corrected chi connectivity index (χ3v) is 4.73. The number of carbonyl (C=O) groups is 1. The van der Waals surface area contributed by atoms with Gasteiger partial charge in [0, 0.05) is 23.7 Å². The van der Waals surface area contributed by atoms with Crippen LogP contribution in [0.15, 0.2) is 24.3 Å². The highest BCUT2D eigenvalue weighted by atomic mass is 35.5. The van der Waals surface area contributed by atoms with Crippen LogP contribution >= 0.6 is 24.0 Å². The Kier molecular flexibility index (Phi) is 4.95. The van der Waals surface area contributed by atoms with Crippen LogP contribution in [0.4, 0.5) is 0 Å². The van der Waals surface area contributed by atoms with Crippen LogP contribution in [0.2, 0.25) is 5.02 Å². The molecule has 1 amide bonds. The molecule has 0 atom stereocenters. The molecule has 3 rings (SSSR count). The number of rotatable bonds is 1. The highest BCUT2D eigenvalue weighted by Gasteiger charge is 2.40. The number of piperidine rings is 1. The maximum absolute atomic E-state index is 12.5. The molecule has 0 aromatic heterocycles. The number of nitrogens with zero attached hydrogens (tertiary/aromatic N) is 1. The third kappa shape index (κ3) is 3.11. The van der Waals surface area contributed by atoms with Gasteiger partial charge in [0.15, 0.2) is 0 Å². The summed E-state index contributed by atoms with van der Waals surface area (Å²) >= 11 is 5.86. The Labute approximate surface area is 131 Å². The Balaban J connectivity index is 0.00000147. The van der Waals surface area contributed by atoms with E-state index < -0.39 is 0 Å². The van der Waals surface area contributed by atoms with E-state index in [0.29, 0.717) is 10.4 Å². The highest BCUT2D eigenvalue weighted by Crippen LogP contribution is 2.38. The Bertz CT molecular complexity index is 469. The molecule has 0 aliphatic carbocycles. The first-order chi connectivity index (χ1) is 9.19. The number of nitrogens with one attached hydrogen (secondary N) is 1. The van der Waals surface area contributed by atoms with Gasteiger partial charge in [-0.3, -0.25) is 4.79 Å². The Morgan fingerprint density at radius 1 is 1.15 bits per heavy atom. The molecule has 1 spiro atoms. The number of halogens is 2. The predicted octanol–water partition coefficient (Wildman–Crippen LogP) is 2.98. The molecule has 20 heavy (non-hydrogen) atoms. The summed E-state index contributed by atoms with van der Waals surface area (Å²) in [5, 5.41) is 4.07. The standard InChI is InChI=1S/C15H19ClN2O.ClH/c16-13-3-1-12(2-4-13)14(19)18-10-7-15(11-18)5-8-17-9-6-15;/h1-4,17H,5-11H2;1H. The van der Waals surface area contributed by atoms with Gasteiger partial charge in [-0.15, -0.1) is 12.4 Å². The summed E-state index contributed by atoms with van der Waals surface area (Å²) in [4.78, 5) is 14.5. The van der Waals surface area contributed by atoms with E-state index in [0.717, 1.165) is 38.2 Å². The Morgan fingerprint density at radius 3 is 2.45 bits per heavy atom. The fourth-order valence-corrected chi connectivity index (χ4v) is 3.37. The number of hydrogen-bond acceptors (Lipinski definition) is 2. The van der Waals surface area contributed by atoms with Crippen LogP contribution in [0.1, 0.15) is 29.6 Å². The van der Waals surface area contributed by atoms with E-state index in [9.17, 15) is 4.79 Å². The van der Waals surface area contributed by atoms with Crippen molar-refractivity contribution in [2.75, 3.05) is 26.2 Å². The minimum atomic E-state index is 0. The van der Waals surface area contributed by atoms with Crippen LogP contribution in [0.5, 0.6) is 0 Å². The molecular weight excluding hydrogens is 295 g/mol. The molecule has 0 radical (unpaired) electrons. The van der Waals surface area contributed by atoms with E-state index in [-0.39, 0.29) is 18.3 Å². The summed E-state index contributed by atoms with van der Waals surface area (Å²) in [6.07, 6.45) is 3.53. The van der Waals surface area contributed by atoms with Crippen LogP contribution in [0.3, 0.4) is 0 Å². The molecule has 0 bridgehead atoms. The van der Waals surface area contributed by atoms with Crippen molar-refractivity contribution in [3.8, 4) is 0 Å². The third-order valence-electron chi connectivity index (χ3n) is 4.48. The average Bonchev–Trinajstić information content (AvgIpc) is 2.83. The topological polar surface area (TPSA) is 32.3 Å². The summed E-state index contributed by atoms with van der Waals surface area (Å²) in [6.45, 7) is 3.98. The minimum Gasteiger partial charge on any atom is -0.338 e. The van der Waals surface area contributed by atoms with Gasteiger partial charge in [0.1, 0.15) is 0 Å². The molecule has 3 nitrogen and oxygen atoms in total. The lowest BCUT2D eigenvalue weighted by atomic mass is 9.78. The van der Waals surface area contributed by atoms with Crippen LogP contribution in [-0.4, -0.2) is 37.0 Å². The van der Waals surface area contributed by atoms with Gasteiger partial charge in [0.25, 0.3) is 5.91 Å². The van der Waals surface area contributed by atoms with Crippen molar-refractivity contribution < 1.29 is 4.79 Å². The van der Waals surface area contributed by atoms with Gasteiger partial charge >= 0.3 is 0 Å². The van der Waals surface area contributed by atoms with Crippen LogP contribution in [-0.2, 0) is 0 Å².